The molecule has 2 rings (SSSR count). The molecular weight excluding hydrogens is 244 g/mol. The topological polar surface area (TPSA) is 52.0 Å². The van der Waals surface area contributed by atoms with Gasteiger partial charge in [0.05, 0.1) is 0 Å². The van der Waals surface area contributed by atoms with Crippen LogP contribution in [-0.2, 0) is 13.0 Å². The van der Waals surface area contributed by atoms with E-state index in [2.05, 4.69) is 38.1 Å². The van der Waals surface area contributed by atoms with Crippen molar-refractivity contribution in [2.24, 2.45) is 23.3 Å². The highest BCUT2D eigenvalue weighted by Gasteiger charge is 2.18. The molecule has 2 heteroatoms. The third kappa shape index (κ3) is 6.06. The van der Waals surface area contributed by atoms with Crippen LogP contribution in [0, 0.1) is 11.8 Å². The van der Waals surface area contributed by atoms with Gasteiger partial charge in [-0.3, -0.25) is 0 Å². The molecule has 0 amide bonds. The van der Waals surface area contributed by atoms with E-state index in [0.717, 1.165) is 24.8 Å². The summed E-state index contributed by atoms with van der Waals surface area (Å²) in [5.41, 5.74) is 13.7. The number of rotatable bonds is 4. The molecule has 114 valence electrons. The molecule has 0 heterocycles. The lowest BCUT2D eigenvalue weighted by Gasteiger charge is -2.27. The van der Waals surface area contributed by atoms with Gasteiger partial charge in [-0.05, 0) is 48.8 Å². The fourth-order valence-electron chi connectivity index (χ4n) is 2.96. The Balaban J connectivity index is 0.000000200. The molecule has 0 aliphatic heterocycles. The molecule has 0 aromatic heterocycles. The average molecular weight is 276 g/mol. The van der Waals surface area contributed by atoms with Crippen LogP contribution < -0.4 is 11.5 Å². The zero-order valence-electron chi connectivity index (χ0n) is 13.3. The van der Waals surface area contributed by atoms with E-state index >= 15 is 0 Å². The monoisotopic (exact) mass is 276 g/mol. The molecule has 2 unspecified atom stereocenters. The van der Waals surface area contributed by atoms with Crippen LogP contribution in [0.2, 0.25) is 0 Å². The molecular formula is C18H32N2. The van der Waals surface area contributed by atoms with Crippen molar-refractivity contribution in [3.8, 4) is 0 Å². The molecule has 0 saturated heterocycles. The average Bonchev–Trinajstić information content (AvgIpc) is 2.55. The predicted octanol–water partition coefficient (Wildman–Crippen LogP) is 3.87. The van der Waals surface area contributed by atoms with Crippen molar-refractivity contribution in [2.75, 3.05) is 6.54 Å². The van der Waals surface area contributed by atoms with Crippen molar-refractivity contribution in [3.63, 3.8) is 0 Å². The summed E-state index contributed by atoms with van der Waals surface area (Å²) < 4.78 is 0. The van der Waals surface area contributed by atoms with Crippen molar-refractivity contribution in [1.29, 1.82) is 0 Å². The second-order valence-electron chi connectivity index (χ2n) is 5.92. The van der Waals surface area contributed by atoms with E-state index in [-0.39, 0.29) is 0 Å². The first-order valence-corrected chi connectivity index (χ1v) is 8.21. The largest absolute Gasteiger partial charge is 0.330 e. The van der Waals surface area contributed by atoms with Gasteiger partial charge >= 0.3 is 0 Å². The van der Waals surface area contributed by atoms with Crippen molar-refractivity contribution in [1.82, 2.24) is 0 Å². The van der Waals surface area contributed by atoms with Crippen molar-refractivity contribution in [2.45, 2.75) is 58.9 Å². The standard InChI is InChI=1S/C9H19N.C9H13N/c2*1-2-8-4-3-5-9(6-8)7-10/h8-9H,2-7,10H2,1H3;3-6H,2,7,10H2,1H3. The zero-order chi connectivity index (χ0) is 14.8. The van der Waals surface area contributed by atoms with E-state index < -0.39 is 0 Å². The molecule has 1 aromatic rings. The number of hydrogen-bond donors (Lipinski definition) is 2. The smallest absolute Gasteiger partial charge is 0.0178 e. The van der Waals surface area contributed by atoms with Gasteiger partial charge in [-0.1, -0.05) is 57.4 Å². The fraction of sp³-hybridized carbons (Fsp3) is 0.667. The summed E-state index contributed by atoms with van der Waals surface area (Å²) in [6.45, 7) is 6.00. The Morgan fingerprint density at radius 3 is 2.35 bits per heavy atom. The minimum Gasteiger partial charge on any atom is -0.330 e. The Hall–Kier alpha value is -0.860. The van der Waals surface area contributed by atoms with Crippen LogP contribution in [-0.4, -0.2) is 6.54 Å². The molecule has 1 fully saturated rings. The molecule has 1 aromatic carbocycles. The van der Waals surface area contributed by atoms with E-state index in [0.29, 0.717) is 6.54 Å². The lowest BCUT2D eigenvalue weighted by atomic mass is 9.80. The normalized spacial score (nSPS) is 22.0. The van der Waals surface area contributed by atoms with E-state index in [4.69, 9.17) is 11.5 Å². The molecule has 0 spiro atoms. The maximum absolute atomic E-state index is 5.62. The fourth-order valence-corrected chi connectivity index (χ4v) is 2.96. The van der Waals surface area contributed by atoms with Gasteiger partial charge in [-0.25, -0.2) is 0 Å². The lowest BCUT2D eigenvalue weighted by Crippen LogP contribution is -2.22. The summed E-state index contributed by atoms with van der Waals surface area (Å²) in [5.74, 6) is 1.83. The van der Waals surface area contributed by atoms with Gasteiger partial charge in [0.2, 0.25) is 0 Å². The molecule has 20 heavy (non-hydrogen) atoms. The minimum atomic E-state index is 0.647. The van der Waals surface area contributed by atoms with E-state index in [1.165, 1.54) is 43.2 Å². The maximum Gasteiger partial charge on any atom is 0.0178 e. The first-order chi connectivity index (χ1) is 9.73. The van der Waals surface area contributed by atoms with Crippen LogP contribution >= 0.6 is 0 Å². The molecule has 2 atom stereocenters. The summed E-state index contributed by atoms with van der Waals surface area (Å²) in [6.07, 6.45) is 8.09. The Kier molecular flexibility index (Phi) is 8.56. The van der Waals surface area contributed by atoms with E-state index in [9.17, 15) is 0 Å². The highest BCUT2D eigenvalue weighted by molar-refractivity contribution is 5.22. The lowest BCUT2D eigenvalue weighted by molar-refractivity contribution is 0.266. The van der Waals surface area contributed by atoms with Gasteiger partial charge in [0, 0.05) is 6.54 Å². The van der Waals surface area contributed by atoms with Crippen LogP contribution in [0.1, 0.15) is 57.1 Å². The van der Waals surface area contributed by atoms with Crippen molar-refractivity contribution in [3.05, 3.63) is 35.4 Å². The highest BCUT2D eigenvalue weighted by atomic mass is 14.6. The molecule has 4 N–H and O–H groups in total. The number of benzene rings is 1. The minimum absolute atomic E-state index is 0.647. The van der Waals surface area contributed by atoms with Crippen LogP contribution in [0.5, 0.6) is 0 Å². The van der Waals surface area contributed by atoms with Crippen LogP contribution in [0.25, 0.3) is 0 Å². The van der Waals surface area contributed by atoms with Gasteiger partial charge in [-0.2, -0.15) is 0 Å². The van der Waals surface area contributed by atoms with Gasteiger partial charge in [0.1, 0.15) is 0 Å². The summed E-state index contributed by atoms with van der Waals surface area (Å²) in [7, 11) is 0. The maximum atomic E-state index is 5.62. The molecule has 1 aliphatic carbocycles. The molecule has 0 radical (unpaired) electrons. The van der Waals surface area contributed by atoms with Gasteiger partial charge in [0.25, 0.3) is 0 Å². The number of hydrogen-bond acceptors (Lipinski definition) is 2. The zero-order valence-corrected chi connectivity index (χ0v) is 13.3. The van der Waals surface area contributed by atoms with Crippen LogP contribution in [0.15, 0.2) is 24.3 Å². The SMILES string of the molecule is CCC1CCCC(CN)C1.CCc1cccc(CN)c1. The molecule has 0 bridgehead atoms. The quantitative estimate of drug-likeness (QED) is 0.877. The summed E-state index contributed by atoms with van der Waals surface area (Å²) >= 11 is 0. The predicted molar refractivity (Wildman–Crippen MR) is 88.5 cm³/mol. The van der Waals surface area contributed by atoms with Crippen LogP contribution in [0.4, 0.5) is 0 Å². The second-order valence-corrected chi connectivity index (χ2v) is 5.92. The van der Waals surface area contributed by atoms with Gasteiger partial charge < -0.3 is 11.5 Å². The Bertz CT molecular complexity index is 333. The Labute approximate surface area is 124 Å². The highest BCUT2D eigenvalue weighted by Crippen LogP contribution is 2.29. The molecule has 1 saturated carbocycles. The van der Waals surface area contributed by atoms with E-state index in [1.807, 2.05) is 0 Å². The number of aryl methyl sites for hydroxylation is 1. The third-order valence-corrected chi connectivity index (χ3v) is 4.44. The summed E-state index contributed by atoms with van der Waals surface area (Å²) in [6, 6.07) is 8.39. The third-order valence-electron chi connectivity index (χ3n) is 4.44. The van der Waals surface area contributed by atoms with E-state index in [1.54, 1.807) is 0 Å². The first-order valence-electron chi connectivity index (χ1n) is 8.21. The van der Waals surface area contributed by atoms with Gasteiger partial charge in [-0.15, -0.1) is 0 Å². The molecule has 1 aliphatic rings. The Morgan fingerprint density at radius 2 is 1.75 bits per heavy atom. The van der Waals surface area contributed by atoms with Gasteiger partial charge in [0.15, 0.2) is 0 Å². The van der Waals surface area contributed by atoms with Crippen molar-refractivity contribution < 1.29 is 0 Å². The van der Waals surface area contributed by atoms with Crippen molar-refractivity contribution >= 4 is 0 Å². The Morgan fingerprint density at radius 1 is 1.05 bits per heavy atom. The molecule has 2 nitrogen and oxygen atoms in total. The number of nitrogens with two attached hydrogens (primary N) is 2. The van der Waals surface area contributed by atoms with Crippen LogP contribution in [0.3, 0.4) is 0 Å². The second kappa shape index (κ2) is 9.95. The summed E-state index contributed by atoms with van der Waals surface area (Å²) in [4.78, 5) is 0. The first kappa shape index (κ1) is 17.2. The summed E-state index contributed by atoms with van der Waals surface area (Å²) in [5, 5.41) is 0.